The van der Waals surface area contributed by atoms with Crippen LogP contribution in [0.4, 0.5) is 0 Å². The van der Waals surface area contributed by atoms with Crippen LogP contribution in [0.1, 0.15) is 16.7 Å². The fourth-order valence-corrected chi connectivity index (χ4v) is 3.16. The predicted molar refractivity (Wildman–Crippen MR) is 123 cm³/mol. The van der Waals surface area contributed by atoms with E-state index in [1.54, 1.807) is 7.05 Å². The van der Waals surface area contributed by atoms with Crippen LogP contribution in [0.25, 0.3) is 0 Å². The van der Waals surface area contributed by atoms with Crippen molar-refractivity contribution in [2.24, 2.45) is 0 Å². The number of hydrogen-bond acceptors (Lipinski definition) is 4. The van der Waals surface area contributed by atoms with Crippen molar-refractivity contribution in [1.82, 2.24) is 10.6 Å². The van der Waals surface area contributed by atoms with Gasteiger partial charge in [0.05, 0.1) is 19.3 Å². The van der Waals surface area contributed by atoms with Gasteiger partial charge < -0.3 is 20.1 Å². The van der Waals surface area contributed by atoms with Gasteiger partial charge in [0.15, 0.2) is 0 Å². The van der Waals surface area contributed by atoms with E-state index in [2.05, 4.69) is 10.6 Å². The number of benzene rings is 3. The summed E-state index contributed by atoms with van der Waals surface area (Å²) in [4.78, 5) is 12.5. The Morgan fingerprint density at radius 1 is 0.806 bits per heavy atom. The van der Waals surface area contributed by atoms with E-state index in [9.17, 15) is 4.79 Å². The second-order valence-corrected chi connectivity index (χ2v) is 7.29. The van der Waals surface area contributed by atoms with Gasteiger partial charge >= 0.3 is 0 Å². The molecule has 0 aliphatic rings. The molecule has 5 heteroatoms. The third-order valence-electron chi connectivity index (χ3n) is 4.93. The Kier molecular flexibility index (Phi) is 9.10. The Labute approximate surface area is 184 Å². The van der Waals surface area contributed by atoms with E-state index in [1.807, 2.05) is 84.9 Å². The highest BCUT2D eigenvalue weighted by molar-refractivity contribution is 5.82. The molecule has 0 aromatic heterocycles. The molecule has 0 aliphatic carbocycles. The van der Waals surface area contributed by atoms with Crippen molar-refractivity contribution in [3.8, 4) is 5.75 Å². The van der Waals surface area contributed by atoms with Crippen LogP contribution in [0.15, 0.2) is 84.9 Å². The van der Waals surface area contributed by atoms with Crippen LogP contribution in [0, 0.1) is 0 Å². The van der Waals surface area contributed by atoms with Gasteiger partial charge in [0.25, 0.3) is 0 Å². The summed E-state index contributed by atoms with van der Waals surface area (Å²) in [5.41, 5.74) is 3.33. The fraction of sp³-hybridized carbons (Fsp3) is 0.269. The number of rotatable bonds is 12. The normalized spacial score (nSPS) is 11.6. The number of nitrogens with one attached hydrogen (secondary N) is 2. The molecule has 0 aliphatic heterocycles. The predicted octanol–water partition coefficient (Wildman–Crippen LogP) is 3.73. The molecular formula is C26H30N2O3. The molecule has 0 radical (unpaired) electrons. The Balaban J connectivity index is 1.38. The maximum Gasteiger partial charge on any atom is 0.237 e. The van der Waals surface area contributed by atoms with Crippen molar-refractivity contribution in [2.45, 2.75) is 25.7 Å². The maximum atomic E-state index is 12.5. The molecule has 0 heterocycles. The molecule has 0 saturated heterocycles. The summed E-state index contributed by atoms with van der Waals surface area (Å²) in [6, 6.07) is 27.7. The molecule has 3 aromatic carbocycles. The third-order valence-corrected chi connectivity index (χ3v) is 4.93. The lowest BCUT2D eigenvalue weighted by Gasteiger charge is -2.16. The van der Waals surface area contributed by atoms with Gasteiger partial charge in [-0.05, 0) is 42.3 Å². The average molecular weight is 419 g/mol. The number of hydrogen-bond donors (Lipinski definition) is 2. The molecule has 0 unspecified atom stereocenters. The van der Waals surface area contributed by atoms with Crippen molar-refractivity contribution in [3.05, 3.63) is 102 Å². The maximum absolute atomic E-state index is 12.5. The molecule has 0 fully saturated rings. The molecule has 3 aromatic rings. The van der Waals surface area contributed by atoms with E-state index < -0.39 is 0 Å². The first-order valence-corrected chi connectivity index (χ1v) is 10.6. The molecule has 31 heavy (non-hydrogen) atoms. The van der Waals surface area contributed by atoms with E-state index in [4.69, 9.17) is 9.47 Å². The summed E-state index contributed by atoms with van der Waals surface area (Å²) in [7, 11) is 1.80. The zero-order valence-corrected chi connectivity index (χ0v) is 17.9. The summed E-state index contributed by atoms with van der Waals surface area (Å²) < 4.78 is 11.4. The molecule has 3 rings (SSSR count). The second-order valence-electron chi connectivity index (χ2n) is 7.29. The lowest BCUT2D eigenvalue weighted by Crippen LogP contribution is -2.44. The summed E-state index contributed by atoms with van der Waals surface area (Å²) in [5.74, 6) is 0.781. The minimum Gasteiger partial charge on any atom is -0.489 e. The monoisotopic (exact) mass is 418 g/mol. The standard InChI is InChI=1S/C26H30N2O3/c1-27-25(26(29)28-16-17-30-19-22-8-4-2-5-9-22)18-21-12-14-24(15-13-21)31-20-23-10-6-3-7-11-23/h2-15,25,27H,16-20H2,1H3,(H,28,29)/t25-/m0/s1. The third kappa shape index (κ3) is 7.89. The molecule has 0 saturated carbocycles. The molecule has 1 amide bonds. The van der Waals surface area contributed by atoms with Gasteiger partial charge in [-0.15, -0.1) is 0 Å². The lowest BCUT2D eigenvalue weighted by atomic mass is 10.1. The molecule has 0 bridgehead atoms. The number of amides is 1. The van der Waals surface area contributed by atoms with E-state index >= 15 is 0 Å². The molecule has 5 nitrogen and oxygen atoms in total. The zero-order chi connectivity index (χ0) is 21.7. The van der Waals surface area contributed by atoms with Crippen molar-refractivity contribution < 1.29 is 14.3 Å². The van der Waals surface area contributed by atoms with Crippen LogP contribution in [0.3, 0.4) is 0 Å². The quantitative estimate of drug-likeness (QED) is 0.440. The summed E-state index contributed by atoms with van der Waals surface area (Å²) in [6.07, 6.45) is 0.603. The van der Waals surface area contributed by atoms with Crippen molar-refractivity contribution in [1.29, 1.82) is 0 Å². The van der Waals surface area contributed by atoms with E-state index in [0.29, 0.717) is 32.8 Å². The highest BCUT2D eigenvalue weighted by Gasteiger charge is 2.16. The Bertz CT molecular complexity index is 899. The number of likely N-dealkylation sites (N-methyl/N-ethyl adjacent to an activating group) is 1. The van der Waals surface area contributed by atoms with Crippen LogP contribution >= 0.6 is 0 Å². The van der Waals surface area contributed by atoms with Crippen molar-refractivity contribution in [2.75, 3.05) is 20.2 Å². The van der Waals surface area contributed by atoms with Gasteiger partial charge in [0.1, 0.15) is 12.4 Å². The Morgan fingerprint density at radius 2 is 1.42 bits per heavy atom. The van der Waals surface area contributed by atoms with Gasteiger partial charge in [-0.2, -0.15) is 0 Å². The highest BCUT2D eigenvalue weighted by atomic mass is 16.5. The van der Waals surface area contributed by atoms with Crippen LogP contribution in [-0.4, -0.2) is 32.1 Å². The first kappa shape index (κ1) is 22.5. The molecule has 0 spiro atoms. The van der Waals surface area contributed by atoms with Gasteiger partial charge in [-0.1, -0.05) is 72.8 Å². The SMILES string of the molecule is CN[C@@H](Cc1ccc(OCc2ccccc2)cc1)C(=O)NCCOCc1ccccc1. The van der Waals surface area contributed by atoms with Crippen LogP contribution < -0.4 is 15.4 Å². The molecule has 2 N–H and O–H groups in total. The van der Waals surface area contributed by atoms with E-state index in [1.165, 1.54) is 0 Å². The summed E-state index contributed by atoms with van der Waals surface area (Å²) in [5, 5.41) is 6.03. The van der Waals surface area contributed by atoms with Gasteiger partial charge in [0.2, 0.25) is 5.91 Å². The van der Waals surface area contributed by atoms with E-state index in [0.717, 1.165) is 22.4 Å². The molecular weight excluding hydrogens is 388 g/mol. The first-order chi connectivity index (χ1) is 15.2. The first-order valence-electron chi connectivity index (χ1n) is 10.6. The van der Waals surface area contributed by atoms with Gasteiger partial charge in [0, 0.05) is 6.54 Å². The highest BCUT2D eigenvalue weighted by Crippen LogP contribution is 2.15. The van der Waals surface area contributed by atoms with Crippen molar-refractivity contribution in [3.63, 3.8) is 0 Å². The number of ether oxygens (including phenoxy) is 2. The zero-order valence-electron chi connectivity index (χ0n) is 17.9. The minimum atomic E-state index is -0.301. The van der Waals surface area contributed by atoms with Crippen LogP contribution in [-0.2, 0) is 29.2 Å². The summed E-state index contributed by atoms with van der Waals surface area (Å²) >= 11 is 0. The number of carbonyl (C=O) groups excluding carboxylic acids is 1. The van der Waals surface area contributed by atoms with Gasteiger partial charge in [-0.25, -0.2) is 0 Å². The largest absolute Gasteiger partial charge is 0.489 e. The second kappa shape index (κ2) is 12.5. The molecule has 1 atom stereocenters. The van der Waals surface area contributed by atoms with Crippen LogP contribution in [0.5, 0.6) is 5.75 Å². The topological polar surface area (TPSA) is 59.6 Å². The van der Waals surface area contributed by atoms with Gasteiger partial charge in [-0.3, -0.25) is 4.79 Å². The Morgan fingerprint density at radius 3 is 2.03 bits per heavy atom. The minimum absolute atomic E-state index is 0.0322. The summed E-state index contributed by atoms with van der Waals surface area (Å²) in [6.45, 7) is 2.04. The van der Waals surface area contributed by atoms with E-state index in [-0.39, 0.29) is 11.9 Å². The van der Waals surface area contributed by atoms with Crippen LogP contribution in [0.2, 0.25) is 0 Å². The molecule has 162 valence electrons. The average Bonchev–Trinajstić information content (AvgIpc) is 2.83. The lowest BCUT2D eigenvalue weighted by molar-refractivity contribution is -0.123. The smallest absolute Gasteiger partial charge is 0.237 e. The number of carbonyl (C=O) groups is 1. The Hall–Kier alpha value is -3.15. The van der Waals surface area contributed by atoms with Crippen molar-refractivity contribution >= 4 is 5.91 Å². The fourth-order valence-electron chi connectivity index (χ4n) is 3.16.